The van der Waals surface area contributed by atoms with Crippen molar-refractivity contribution in [3.8, 4) is 11.5 Å². The van der Waals surface area contributed by atoms with Gasteiger partial charge in [0.1, 0.15) is 24.1 Å². The van der Waals surface area contributed by atoms with Gasteiger partial charge in [0.2, 0.25) is 5.36 Å². The Morgan fingerprint density at radius 1 is 1.07 bits per heavy atom. The number of rotatable bonds is 4. The summed E-state index contributed by atoms with van der Waals surface area (Å²) in [7, 11) is 0. The Morgan fingerprint density at radius 2 is 1.93 bits per heavy atom. The molecular weight excluding hydrogens is 370 g/mol. The Hall–Kier alpha value is -2.36. The molecule has 30 heavy (non-hydrogen) atoms. The van der Waals surface area contributed by atoms with Gasteiger partial charge in [-0.2, -0.15) is 0 Å². The number of likely N-dealkylation sites (N-methyl/N-ethyl adjacent to an activating group) is 1. The molecule has 4 heteroatoms. The molecule has 0 fully saturated rings. The van der Waals surface area contributed by atoms with Crippen molar-refractivity contribution in [3.05, 3.63) is 46.1 Å². The van der Waals surface area contributed by atoms with E-state index in [2.05, 4.69) is 61.4 Å². The van der Waals surface area contributed by atoms with Crippen LogP contribution in [0.25, 0.3) is 0 Å². The van der Waals surface area contributed by atoms with Gasteiger partial charge in [0.25, 0.3) is 0 Å². The van der Waals surface area contributed by atoms with E-state index < -0.39 is 0 Å². The van der Waals surface area contributed by atoms with Gasteiger partial charge in [-0.25, -0.2) is 9.57 Å². The first-order valence-electron chi connectivity index (χ1n) is 11.6. The van der Waals surface area contributed by atoms with E-state index in [0.29, 0.717) is 5.41 Å². The molecule has 0 aliphatic carbocycles. The molecule has 2 aromatic carbocycles. The molecule has 5 rings (SSSR count). The summed E-state index contributed by atoms with van der Waals surface area (Å²) in [6.45, 7) is 13.6. The van der Waals surface area contributed by atoms with Crippen LogP contribution in [0.3, 0.4) is 0 Å². The molecule has 158 valence electrons. The summed E-state index contributed by atoms with van der Waals surface area (Å²) < 4.78 is 8.98. The van der Waals surface area contributed by atoms with Gasteiger partial charge in [0.15, 0.2) is 11.5 Å². The minimum Gasteiger partial charge on any atom is -0.452 e. The van der Waals surface area contributed by atoms with Crippen molar-refractivity contribution in [3.63, 3.8) is 0 Å². The number of anilines is 1. The fourth-order valence-corrected chi connectivity index (χ4v) is 5.10. The summed E-state index contributed by atoms with van der Waals surface area (Å²) in [5.41, 5.74) is 5.51. The molecule has 0 aromatic heterocycles. The van der Waals surface area contributed by atoms with E-state index in [-0.39, 0.29) is 0 Å². The van der Waals surface area contributed by atoms with Crippen LogP contribution in [0, 0.1) is 5.41 Å². The van der Waals surface area contributed by atoms with E-state index in [1.165, 1.54) is 41.4 Å². The molecule has 0 radical (unpaired) electrons. The number of aryl methyl sites for hydroxylation is 1. The quantitative estimate of drug-likeness (QED) is 0.603. The molecular formula is C26H34N3O+. The van der Waals surface area contributed by atoms with Gasteiger partial charge in [-0.05, 0) is 49.3 Å². The number of benzene rings is 2. The summed E-state index contributed by atoms with van der Waals surface area (Å²) in [6.07, 6.45) is 5.94. The smallest absolute Gasteiger partial charge is 0.207 e. The van der Waals surface area contributed by atoms with Crippen LogP contribution in [0.1, 0.15) is 58.1 Å². The Morgan fingerprint density at radius 3 is 2.73 bits per heavy atom. The molecule has 3 aliphatic heterocycles. The second-order valence-corrected chi connectivity index (χ2v) is 10.2. The van der Waals surface area contributed by atoms with Crippen molar-refractivity contribution in [2.24, 2.45) is 10.4 Å². The van der Waals surface area contributed by atoms with Crippen LogP contribution >= 0.6 is 0 Å². The summed E-state index contributed by atoms with van der Waals surface area (Å²) in [5, 5.41) is 2.34. The average molecular weight is 405 g/mol. The maximum Gasteiger partial charge on any atom is 0.207 e. The average Bonchev–Trinajstić information content (AvgIpc) is 3.10. The van der Waals surface area contributed by atoms with E-state index in [4.69, 9.17) is 9.73 Å². The number of fused-ring (bicyclic) bond motifs is 4. The molecule has 3 aliphatic rings. The van der Waals surface area contributed by atoms with Gasteiger partial charge < -0.3 is 9.64 Å². The number of hydrogen-bond donors (Lipinski definition) is 0. The van der Waals surface area contributed by atoms with Gasteiger partial charge >= 0.3 is 0 Å². The largest absolute Gasteiger partial charge is 0.452 e. The van der Waals surface area contributed by atoms with E-state index in [0.717, 1.165) is 61.6 Å². The molecule has 0 saturated carbocycles. The lowest BCUT2D eigenvalue weighted by molar-refractivity contribution is 0.351. The third kappa shape index (κ3) is 3.61. The zero-order valence-corrected chi connectivity index (χ0v) is 18.9. The molecule has 0 atom stereocenters. The summed E-state index contributed by atoms with van der Waals surface area (Å²) in [5.74, 6) is 1.81. The second kappa shape index (κ2) is 7.40. The van der Waals surface area contributed by atoms with Crippen molar-refractivity contribution in [2.75, 3.05) is 31.1 Å². The predicted molar refractivity (Wildman–Crippen MR) is 123 cm³/mol. The Balaban J connectivity index is 1.52. The highest BCUT2D eigenvalue weighted by atomic mass is 16.5. The lowest BCUT2D eigenvalue weighted by atomic mass is 9.90. The highest BCUT2D eigenvalue weighted by Crippen LogP contribution is 2.41. The Kier molecular flexibility index (Phi) is 4.83. The maximum atomic E-state index is 6.42. The van der Waals surface area contributed by atoms with E-state index in [9.17, 15) is 0 Å². The third-order valence-electron chi connectivity index (χ3n) is 6.72. The minimum atomic E-state index is 0.396. The fourth-order valence-electron chi connectivity index (χ4n) is 5.10. The Labute approximate surface area is 179 Å². The topological polar surface area (TPSA) is 27.8 Å². The zero-order valence-electron chi connectivity index (χ0n) is 18.9. The molecule has 0 saturated heterocycles. The molecule has 0 N–H and O–H groups in total. The van der Waals surface area contributed by atoms with Crippen molar-refractivity contribution in [1.82, 2.24) is 4.58 Å². The van der Waals surface area contributed by atoms with Crippen LogP contribution in [0.2, 0.25) is 0 Å². The molecule has 0 spiro atoms. The van der Waals surface area contributed by atoms with E-state index in [1.807, 2.05) is 0 Å². The van der Waals surface area contributed by atoms with Gasteiger partial charge in [-0.1, -0.05) is 20.8 Å². The van der Waals surface area contributed by atoms with Crippen LogP contribution in [-0.2, 0) is 12.8 Å². The van der Waals surface area contributed by atoms with Gasteiger partial charge in [0.05, 0.1) is 6.07 Å². The SMILES string of the molecule is CCN1CCc2cc3c(cc21)Oc1cc2c(cc1=N3)CCC[N+]=2CCCC(C)(C)C. The maximum absolute atomic E-state index is 6.42. The van der Waals surface area contributed by atoms with Gasteiger partial charge in [0, 0.05) is 43.2 Å². The fraction of sp³-hybridized carbons (Fsp3) is 0.538. The lowest BCUT2D eigenvalue weighted by Gasteiger charge is -2.21. The highest BCUT2D eigenvalue weighted by Gasteiger charge is 2.25. The molecule has 3 heterocycles. The summed E-state index contributed by atoms with van der Waals surface area (Å²) in [6, 6.07) is 8.96. The normalized spacial score (nSPS) is 16.9. The lowest BCUT2D eigenvalue weighted by Crippen LogP contribution is -2.39. The Bertz CT molecular complexity index is 1110. The highest BCUT2D eigenvalue weighted by molar-refractivity contribution is 5.70. The van der Waals surface area contributed by atoms with E-state index >= 15 is 0 Å². The van der Waals surface area contributed by atoms with Crippen LogP contribution in [0.5, 0.6) is 11.5 Å². The number of nitrogens with zero attached hydrogens (tertiary/aromatic N) is 3. The van der Waals surface area contributed by atoms with Crippen LogP contribution < -0.4 is 24.9 Å². The molecule has 0 amide bonds. The van der Waals surface area contributed by atoms with Gasteiger partial charge in [-0.3, -0.25) is 0 Å². The van der Waals surface area contributed by atoms with Crippen LogP contribution in [-0.4, -0.2) is 26.2 Å². The van der Waals surface area contributed by atoms with Crippen molar-refractivity contribution in [2.45, 2.75) is 59.8 Å². The van der Waals surface area contributed by atoms with E-state index in [1.54, 1.807) is 0 Å². The molecule has 2 aromatic rings. The molecule has 4 nitrogen and oxygen atoms in total. The van der Waals surface area contributed by atoms with Gasteiger partial charge in [-0.15, -0.1) is 0 Å². The standard InChI is InChI=1S/C26H34N3O/c1-5-28-13-9-19-15-21-24(16-22(19)28)30-25-17-23-18(14-20(25)27-21)8-6-11-29(23)12-7-10-26(2,3)4/h14-17H,5-13H2,1-4H3/q+1. The van der Waals surface area contributed by atoms with Crippen molar-refractivity contribution >= 4 is 11.4 Å². The van der Waals surface area contributed by atoms with Crippen LogP contribution in [0.4, 0.5) is 11.4 Å². The second-order valence-electron chi connectivity index (χ2n) is 10.2. The first-order valence-corrected chi connectivity index (χ1v) is 11.6. The molecule has 0 unspecified atom stereocenters. The summed E-state index contributed by atoms with van der Waals surface area (Å²) >= 11 is 0. The monoisotopic (exact) mass is 404 g/mol. The van der Waals surface area contributed by atoms with Crippen LogP contribution in [0.15, 0.2) is 29.3 Å². The summed E-state index contributed by atoms with van der Waals surface area (Å²) in [4.78, 5) is 7.43. The number of ether oxygens (including phenoxy) is 1. The van der Waals surface area contributed by atoms with Crippen molar-refractivity contribution < 1.29 is 4.74 Å². The first-order chi connectivity index (χ1) is 14.4. The zero-order chi connectivity index (χ0) is 20.9. The minimum absolute atomic E-state index is 0.396. The number of hydrogen-bond acceptors (Lipinski definition) is 3. The third-order valence-corrected chi connectivity index (χ3v) is 6.72. The molecule has 0 bridgehead atoms. The predicted octanol–water partition coefficient (Wildman–Crippen LogP) is 4.39. The van der Waals surface area contributed by atoms with Crippen molar-refractivity contribution in [1.29, 1.82) is 0 Å². The first kappa shape index (κ1) is 19.6.